The number of benzene rings is 1. The topological polar surface area (TPSA) is 58.9 Å². The second kappa shape index (κ2) is 5.70. The SMILES string of the molecule is COCCOc1cccc(B(O)O)c1F. The summed E-state index contributed by atoms with van der Waals surface area (Å²) in [5.41, 5.74) is -0.204. The smallest absolute Gasteiger partial charge is 0.488 e. The summed E-state index contributed by atoms with van der Waals surface area (Å²) in [6, 6.07) is 4.18. The molecule has 0 heterocycles. The van der Waals surface area contributed by atoms with Crippen molar-refractivity contribution in [3.63, 3.8) is 0 Å². The summed E-state index contributed by atoms with van der Waals surface area (Å²) in [5, 5.41) is 17.7. The van der Waals surface area contributed by atoms with Crippen LogP contribution in [0.15, 0.2) is 18.2 Å². The van der Waals surface area contributed by atoms with Gasteiger partial charge in [0.25, 0.3) is 0 Å². The van der Waals surface area contributed by atoms with E-state index in [9.17, 15) is 4.39 Å². The minimum atomic E-state index is -1.84. The van der Waals surface area contributed by atoms with Gasteiger partial charge in [0, 0.05) is 12.6 Å². The molecule has 0 fully saturated rings. The van der Waals surface area contributed by atoms with Crippen molar-refractivity contribution in [2.45, 2.75) is 0 Å². The van der Waals surface area contributed by atoms with E-state index in [2.05, 4.69) is 0 Å². The number of ether oxygens (including phenoxy) is 2. The molecule has 6 heteroatoms. The van der Waals surface area contributed by atoms with E-state index in [-0.39, 0.29) is 17.8 Å². The van der Waals surface area contributed by atoms with Crippen LogP contribution in [0.3, 0.4) is 0 Å². The molecule has 0 unspecified atom stereocenters. The van der Waals surface area contributed by atoms with Gasteiger partial charge in [-0.1, -0.05) is 12.1 Å². The Morgan fingerprint density at radius 1 is 1.33 bits per heavy atom. The summed E-state index contributed by atoms with van der Waals surface area (Å²) in [6.07, 6.45) is 0. The van der Waals surface area contributed by atoms with Crippen molar-refractivity contribution >= 4 is 12.6 Å². The average molecular weight is 214 g/mol. The Bertz CT molecular complexity index is 319. The molecule has 0 aliphatic rings. The highest BCUT2D eigenvalue weighted by Gasteiger charge is 2.19. The van der Waals surface area contributed by atoms with Crippen LogP contribution < -0.4 is 10.2 Å². The summed E-state index contributed by atoms with van der Waals surface area (Å²) < 4.78 is 23.2. The van der Waals surface area contributed by atoms with Gasteiger partial charge in [0.2, 0.25) is 0 Å². The second-order valence-corrected chi connectivity index (χ2v) is 2.87. The number of halogens is 1. The van der Waals surface area contributed by atoms with Crippen molar-refractivity contribution in [1.82, 2.24) is 0 Å². The maximum Gasteiger partial charge on any atom is 0.491 e. The molecule has 0 saturated carbocycles. The molecule has 1 rings (SSSR count). The Hall–Kier alpha value is -1.11. The third-order valence-electron chi connectivity index (χ3n) is 1.82. The lowest BCUT2D eigenvalue weighted by Gasteiger charge is -2.09. The molecule has 0 spiro atoms. The molecule has 0 bridgehead atoms. The molecule has 1 aromatic carbocycles. The van der Waals surface area contributed by atoms with Crippen LogP contribution >= 0.6 is 0 Å². The van der Waals surface area contributed by atoms with E-state index in [1.54, 1.807) is 0 Å². The van der Waals surface area contributed by atoms with Crippen LogP contribution in [0, 0.1) is 5.82 Å². The molecule has 15 heavy (non-hydrogen) atoms. The summed E-state index contributed by atoms with van der Waals surface area (Å²) in [5.74, 6) is -0.777. The first kappa shape index (κ1) is 12.0. The molecule has 0 amide bonds. The Morgan fingerprint density at radius 2 is 2.07 bits per heavy atom. The molecule has 1 aromatic rings. The van der Waals surface area contributed by atoms with Crippen LogP contribution in [0.5, 0.6) is 5.75 Å². The van der Waals surface area contributed by atoms with Crippen LogP contribution in [0.25, 0.3) is 0 Å². The zero-order chi connectivity index (χ0) is 11.3. The number of hydrogen-bond donors (Lipinski definition) is 2. The Labute approximate surface area is 87.4 Å². The Kier molecular flexibility index (Phi) is 4.55. The van der Waals surface area contributed by atoms with Crippen molar-refractivity contribution in [1.29, 1.82) is 0 Å². The quantitative estimate of drug-likeness (QED) is 0.513. The van der Waals surface area contributed by atoms with Crippen molar-refractivity contribution in [2.24, 2.45) is 0 Å². The van der Waals surface area contributed by atoms with Crippen molar-refractivity contribution < 1.29 is 23.9 Å². The third kappa shape index (κ3) is 3.19. The minimum absolute atomic E-state index is 0.0161. The van der Waals surface area contributed by atoms with E-state index < -0.39 is 12.9 Å². The lowest BCUT2D eigenvalue weighted by atomic mass is 9.80. The first-order valence-electron chi connectivity index (χ1n) is 4.43. The Morgan fingerprint density at radius 3 is 2.67 bits per heavy atom. The molecule has 0 aliphatic carbocycles. The zero-order valence-electron chi connectivity index (χ0n) is 8.31. The van der Waals surface area contributed by atoms with Crippen LogP contribution in [0.2, 0.25) is 0 Å². The largest absolute Gasteiger partial charge is 0.491 e. The monoisotopic (exact) mass is 214 g/mol. The molecule has 0 aliphatic heterocycles. The Balaban J connectivity index is 2.75. The summed E-state index contributed by atoms with van der Waals surface area (Å²) in [6.45, 7) is 0.545. The normalized spacial score (nSPS) is 10.1. The highest BCUT2D eigenvalue weighted by molar-refractivity contribution is 6.58. The molecule has 0 saturated heterocycles. The van der Waals surface area contributed by atoms with Crippen molar-refractivity contribution in [3.8, 4) is 5.75 Å². The first-order valence-corrected chi connectivity index (χ1v) is 4.43. The van der Waals surface area contributed by atoms with Gasteiger partial charge in [-0.15, -0.1) is 0 Å². The maximum atomic E-state index is 13.5. The van der Waals surface area contributed by atoms with E-state index in [0.717, 1.165) is 0 Å². The van der Waals surface area contributed by atoms with Crippen molar-refractivity contribution in [3.05, 3.63) is 24.0 Å². The standard InChI is InChI=1S/C9H12BFO4/c1-14-5-6-15-8-4-2-3-7(9(8)11)10(12)13/h2-4,12-13H,5-6H2,1H3. The van der Waals surface area contributed by atoms with Gasteiger partial charge in [0.1, 0.15) is 6.61 Å². The molecule has 2 N–H and O–H groups in total. The highest BCUT2D eigenvalue weighted by atomic mass is 19.1. The second-order valence-electron chi connectivity index (χ2n) is 2.87. The van der Waals surface area contributed by atoms with Gasteiger partial charge in [-0.05, 0) is 6.07 Å². The van der Waals surface area contributed by atoms with Gasteiger partial charge in [0.15, 0.2) is 11.6 Å². The average Bonchev–Trinajstić information content (AvgIpc) is 2.20. The number of rotatable bonds is 5. The number of methoxy groups -OCH3 is 1. The van der Waals surface area contributed by atoms with Crippen LogP contribution in [0.1, 0.15) is 0 Å². The lowest BCUT2D eigenvalue weighted by molar-refractivity contribution is 0.144. The van der Waals surface area contributed by atoms with Gasteiger partial charge in [-0.2, -0.15) is 0 Å². The minimum Gasteiger partial charge on any atom is -0.488 e. The van der Waals surface area contributed by atoms with Crippen LogP contribution in [-0.4, -0.2) is 37.5 Å². The predicted octanol–water partition coefficient (Wildman–Crippen LogP) is -0.469. The number of hydrogen-bond acceptors (Lipinski definition) is 4. The van der Waals surface area contributed by atoms with Gasteiger partial charge < -0.3 is 19.5 Å². The predicted molar refractivity (Wildman–Crippen MR) is 53.6 cm³/mol. The first-order chi connectivity index (χ1) is 7.16. The fourth-order valence-electron chi connectivity index (χ4n) is 1.07. The summed E-state index contributed by atoms with van der Waals surface area (Å²) >= 11 is 0. The lowest BCUT2D eigenvalue weighted by Crippen LogP contribution is -2.33. The zero-order valence-corrected chi connectivity index (χ0v) is 8.31. The molecule has 0 radical (unpaired) electrons. The summed E-state index contributed by atoms with van der Waals surface area (Å²) in [4.78, 5) is 0. The van der Waals surface area contributed by atoms with Gasteiger partial charge in [-0.25, -0.2) is 4.39 Å². The van der Waals surface area contributed by atoms with Gasteiger partial charge >= 0.3 is 7.12 Å². The van der Waals surface area contributed by atoms with E-state index in [1.807, 2.05) is 0 Å². The third-order valence-corrected chi connectivity index (χ3v) is 1.82. The highest BCUT2D eigenvalue weighted by Crippen LogP contribution is 2.14. The van der Waals surface area contributed by atoms with E-state index >= 15 is 0 Å². The molecule has 0 atom stereocenters. The maximum absolute atomic E-state index is 13.5. The fraction of sp³-hybridized carbons (Fsp3) is 0.333. The van der Waals surface area contributed by atoms with Crippen LogP contribution in [-0.2, 0) is 4.74 Å². The van der Waals surface area contributed by atoms with Crippen LogP contribution in [0.4, 0.5) is 4.39 Å². The molecular weight excluding hydrogens is 202 g/mol. The van der Waals surface area contributed by atoms with E-state index in [0.29, 0.717) is 6.61 Å². The fourth-order valence-corrected chi connectivity index (χ4v) is 1.07. The van der Waals surface area contributed by atoms with Crippen molar-refractivity contribution in [2.75, 3.05) is 20.3 Å². The van der Waals surface area contributed by atoms with Gasteiger partial charge in [-0.3, -0.25) is 0 Å². The molecule has 82 valence electrons. The van der Waals surface area contributed by atoms with Gasteiger partial charge in [0.05, 0.1) is 6.61 Å². The molecular formula is C9H12BFO4. The summed E-state index contributed by atoms with van der Waals surface area (Å²) in [7, 11) is -0.330. The van der Waals surface area contributed by atoms with E-state index in [4.69, 9.17) is 19.5 Å². The molecule has 4 nitrogen and oxygen atoms in total. The van der Waals surface area contributed by atoms with E-state index in [1.165, 1.54) is 25.3 Å². The molecule has 0 aromatic heterocycles.